The van der Waals surface area contributed by atoms with Crippen LogP contribution in [0.3, 0.4) is 0 Å². The maximum Gasteiger partial charge on any atom is 0.394 e. The van der Waals surface area contributed by atoms with Gasteiger partial charge in [-0.15, -0.1) is 0 Å². The first-order chi connectivity index (χ1) is 4.91. The third kappa shape index (κ3) is 121. The highest BCUT2D eigenvalue weighted by Crippen LogP contribution is 1.78. The van der Waals surface area contributed by atoms with Gasteiger partial charge in [0.25, 0.3) is 0 Å². The zero-order chi connectivity index (χ0) is 9.33. The topological polar surface area (TPSA) is 122 Å². The van der Waals surface area contributed by atoms with Crippen LogP contribution >= 0.6 is 0 Å². The van der Waals surface area contributed by atoms with Crippen LogP contribution in [-0.4, -0.2) is 17.5 Å². The van der Waals surface area contributed by atoms with Gasteiger partial charge in [-0.1, -0.05) is 0 Å². The molecule has 0 saturated heterocycles. The molecule has 0 aromatic carbocycles. The van der Waals surface area contributed by atoms with Gasteiger partial charge in [-0.25, -0.2) is 0 Å². The van der Waals surface area contributed by atoms with E-state index in [1.54, 1.807) is 0 Å². The maximum atomic E-state index is 8.74. The molecule has 0 rings (SSSR count). The lowest BCUT2D eigenvalue weighted by atomic mass is 10.4. The predicted octanol–water partition coefficient (Wildman–Crippen LogP) is 0.161. The fourth-order valence-corrected chi connectivity index (χ4v) is 0.112. The summed E-state index contributed by atoms with van der Waals surface area (Å²) in [6.07, 6.45) is 0.715. The lowest BCUT2D eigenvalue weighted by molar-refractivity contribution is 0.381. The number of unbranched alkanes of at least 4 members (excludes halogenated alkanes) is 1. The summed E-state index contributed by atoms with van der Waals surface area (Å²) >= 11 is 0. The third-order valence-electron chi connectivity index (χ3n) is 0.349. The zero-order valence-corrected chi connectivity index (χ0v) is 6.24. The van der Waals surface area contributed by atoms with Crippen molar-refractivity contribution in [1.29, 1.82) is 10.5 Å². The summed E-state index contributed by atoms with van der Waals surface area (Å²) in [6.45, 7) is 0. The van der Waals surface area contributed by atoms with Crippen molar-refractivity contribution in [2.45, 2.75) is 12.8 Å². The monoisotopic (exact) mass is 178 g/mol. The Morgan fingerprint density at radius 3 is 1.36 bits per heavy atom. The fraction of sp³-hybridized carbons (Fsp3) is 0.500. The minimum atomic E-state index is -4.67. The lowest BCUT2D eigenvalue weighted by Gasteiger charge is -1.68. The highest BCUT2D eigenvalue weighted by atomic mass is 32.3. The van der Waals surface area contributed by atoms with Crippen molar-refractivity contribution in [2.24, 2.45) is 0 Å². The van der Waals surface area contributed by atoms with Crippen molar-refractivity contribution >= 4 is 10.4 Å². The Labute approximate surface area is 64.3 Å². The molecule has 2 N–H and O–H groups in total. The lowest BCUT2D eigenvalue weighted by Crippen LogP contribution is -1.89. The van der Waals surface area contributed by atoms with Crippen LogP contribution in [0.4, 0.5) is 0 Å². The summed E-state index contributed by atoms with van der Waals surface area (Å²) in [7, 11) is -4.67. The van der Waals surface area contributed by atoms with Crippen LogP contribution in [0.15, 0.2) is 0 Å². The van der Waals surface area contributed by atoms with Crippen molar-refractivity contribution in [1.82, 2.24) is 0 Å². The molecule has 0 aliphatic carbocycles. The van der Waals surface area contributed by atoms with Gasteiger partial charge in [0, 0.05) is 12.8 Å². The Kier molecular flexibility index (Phi) is 7.92. The summed E-state index contributed by atoms with van der Waals surface area (Å²) in [5.74, 6) is 0. The molecule has 0 fully saturated rings. The van der Waals surface area contributed by atoms with Crippen molar-refractivity contribution in [2.75, 3.05) is 0 Å². The Balaban J connectivity index is 0. The Hall–Kier alpha value is -1.15. The van der Waals surface area contributed by atoms with Gasteiger partial charge in [0.15, 0.2) is 0 Å². The number of nitrogens with zero attached hydrogens (tertiary/aromatic N) is 2. The van der Waals surface area contributed by atoms with Gasteiger partial charge in [-0.3, -0.25) is 9.11 Å². The quantitative estimate of drug-likeness (QED) is 0.435. The van der Waals surface area contributed by atoms with Crippen LogP contribution < -0.4 is 0 Å². The molecule has 0 aliphatic rings. The van der Waals surface area contributed by atoms with Gasteiger partial charge < -0.3 is 0 Å². The van der Waals surface area contributed by atoms with E-state index in [1.807, 2.05) is 12.1 Å². The summed E-state index contributed by atoms with van der Waals surface area (Å²) in [4.78, 5) is 0. The van der Waals surface area contributed by atoms with Crippen LogP contribution in [0.5, 0.6) is 0 Å². The summed E-state index contributed by atoms with van der Waals surface area (Å²) in [5, 5.41) is 15.6. The van der Waals surface area contributed by atoms with E-state index >= 15 is 0 Å². The highest BCUT2D eigenvalue weighted by molar-refractivity contribution is 7.79. The molecule has 0 aromatic heterocycles. The van der Waals surface area contributed by atoms with Crippen LogP contribution in [0.2, 0.25) is 0 Å². The van der Waals surface area contributed by atoms with Crippen LogP contribution in [-0.2, 0) is 10.4 Å². The van der Waals surface area contributed by atoms with Crippen molar-refractivity contribution in [3.05, 3.63) is 0 Å². The van der Waals surface area contributed by atoms with E-state index in [9.17, 15) is 0 Å². The van der Waals surface area contributed by atoms with E-state index in [0.717, 1.165) is 0 Å². The Morgan fingerprint density at radius 2 is 1.27 bits per heavy atom. The number of nitriles is 2. The summed E-state index contributed by atoms with van der Waals surface area (Å²) in [6, 6.07) is 3.69. The first kappa shape index (κ1) is 12.5. The minimum Gasteiger partial charge on any atom is -0.264 e. The van der Waals surface area contributed by atoms with Crippen molar-refractivity contribution in [3.8, 4) is 12.1 Å². The molecule has 0 heterocycles. The molecule has 0 aliphatic heterocycles. The SMILES string of the molecule is N#CCCC#N.O=S(=O)(O)O. The summed E-state index contributed by atoms with van der Waals surface area (Å²) in [5.41, 5.74) is 0. The van der Waals surface area contributed by atoms with Crippen molar-refractivity contribution < 1.29 is 17.5 Å². The average molecular weight is 178 g/mol. The molecule has 7 heteroatoms. The standard InChI is InChI=1S/C4H4N2.H2O4S/c5-3-1-2-4-6;1-5(2,3)4/h1-2H2;(H2,1,2,3,4). The van der Waals surface area contributed by atoms with Crippen molar-refractivity contribution in [3.63, 3.8) is 0 Å². The highest BCUT2D eigenvalue weighted by Gasteiger charge is 1.84. The van der Waals surface area contributed by atoms with Gasteiger partial charge in [0.1, 0.15) is 0 Å². The van der Waals surface area contributed by atoms with Gasteiger partial charge in [0.2, 0.25) is 0 Å². The first-order valence-electron chi connectivity index (χ1n) is 2.35. The molecule has 0 amide bonds. The molecule has 0 aromatic rings. The second kappa shape index (κ2) is 6.96. The normalized spacial score (nSPS) is 8.36. The molecule has 0 saturated carbocycles. The maximum absolute atomic E-state index is 8.74. The van der Waals surface area contributed by atoms with E-state index in [4.69, 9.17) is 28.0 Å². The molecule has 62 valence electrons. The predicted molar refractivity (Wildman–Crippen MR) is 34.6 cm³/mol. The van der Waals surface area contributed by atoms with Crippen LogP contribution in [0.25, 0.3) is 0 Å². The molecule has 0 bridgehead atoms. The fourth-order valence-electron chi connectivity index (χ4n) is 0.112. The number of hydrogen-bond donors (Lipinski definition) is 2. The molecule has 0 radical (unpaired) electrons. The molecule has 0 unspecified atom stereocenters. The molecule has 0 atom stereocenters. The van der Waals surface area contributed by atoms with Gasteiger partial charge >= 0.3 is 10.4 Å². The Morgan fingerprint density at radius 1 is 1.09 bits per heavy atom. The smallest absolute Gasteiger partial charge is 0.264 e. The molecule has 0 spiro atoms. The van der Waals surface area contributed by atoms with E-state index in [0.29, 0.717) is 12.8 Å². The van der Waals surface area contributed by atoms with Crippen LogP contribution in [0, 0.1) is 22.7 Å². The largest absolute Gasteiger partial charge is 0.394 e. The van der Waals surface area contributed by atoms with Crippen LogP contribution in [0.1, 0.15) is 12.8 Å². The zero-order valence-electron chi connectivity index (χ0n) is 5.43. The first-order valence-corrected chi connectivity index (χ1v) is 3.75. The van der Waals surface area contributed by atoms with E-state index in [2.05, 4.69) is 0 Å². The second-order valence-electron chi connectivity index (χ2n) is 1.26. The molecular formula is C4H6N2O4S. The second-order valence-corrected chi connectivity index (χ2v) is 2.16. The van der Waals surface area contributed by atoms with Gasteiger partial charge in [-0.2, -0.15) is 18.9 Å². The number of hydrogen-bond acceptors (Lipinski definition) is 4. The molecular weight excluding hydrogens is 172 g/mol. The van der Waals surface area contributed by atoms with E-state index < -0.39 is 10.4 Å². The minimum absolute atomic E-state index is 0.358. The molecule has 11 heavy (non-hydrogen) atoms. The average Bonchev–Trinajstić information content (AvgIpc) is 1.79. The molecule has 6 nitrogen and oxygen atoms in total. The van der Waals surface area contributed by atoms with E-state index in [-0.39, 0.29) is 0 Å². The number of rotatable bonds is 1. The third-order valence-corrected chi connectivity index (χ3v) is 0.349. The van der Waals surface area contributed by atoms with E-state index in [1.165, 1.54) is 0 Å². The summed E-state index contributed by atoms with van der Waals surface area (Å²) < 4.78 is 31.6. The van der Waals surface area contributed by atoms with Gasteiger partial charge in [-0.05, 0) is 0 Å². The van der Waals surface area contributed by atoms with Gasteiger partial charge in [0.05, 0.1) is 12.1 Å². The Bertz CT molecular complexity index is 235.